The zero-order chi connectivity index (χ0) is 18.9. The molecule has 7 nitrogen and oxygen atoms in total. The smallest absolute Gasteiger partial charge is 0.409 e. The Morgan fingerprint density at radius 2 is 1.88 bits per heavy atom. The molecule has 0 aromatic heterocycles. The minimum atomic E-state index is -0.360. The molecule has 26 heavy (non-hydrogen) atoms. The molecule has 1 fully saturated rings. The Morgan fingerprint density at radius 3 is 2.54 bits per heavy atom. The lowest BCUT2D eigenvalue weighted by Crippen LogP contribution is -2.47. The molecule has 142 valence electrons. The number of esters is 1. The molecular weight excluding hydrogens is 354 g/mol. The Morgan fingerprint density at radius 1 is 1.19 bits per heavy atom. The van der Waals surface area contributed by atoms with Crippen LogP contribution in [-0.4, -0.2) is 54.4 Å². The van der Waals surface area contributed by atoms with Gasteiger partial charge in [-0.05, 0) is 57.1 Å². The van der Waals surface area contributed by atoms with Gasteiger partial charge in [-0.15, -0.1) is 0 Å². The van der Waals surface area contributed by atoms with Crippen molar-refractivity contribution in [1.29, 1.82) is 0 Å². The summed E-state index contributed by atoms with van der Waals surface area (Å²) in [7, 11) is 0. The summed E-state index contributed by atoms with van der Waals surface area (Å²) in [6, 6.07) is 7.20. The SMILES string of the molecule is CCOC(=O)c1cccc(NC(=S)NC2CCN(C(=O)OCC)CC2)c1. The largest absolute Gasteiger partial charge is 0.462 e. The predicted molar refractivity (Wildman–Crippen MR) is 103 cm³/mol. The highest BCUT2D eigenvalue weighted by atomic mass is 32.1. The molecule has 1 aliphatic heterocycles. The molecule has 2 rings (SSSR count). The van der Waals surface area contributed by atoms with Gasteiger partial charge in [-0.2, -0.15) is 0 Å². The molecule has 1 aromatic carbocycles. The van der Waals surface area contributed by atoms with Gasteiger partial charge < -0.3 is 25.0 Å². The lowest BCUT2D eigenvalue weighted by atomic mass is 10.1. The summed E-state index contributed by atoms with van der Waals surface area (Å²) in [6.07, 6.45) is 1.33. The number of hydrogen-bond acceptors (Lipinski definition) is 5. The average molecular weight is 379 g/mol. The quantitative estimate of drug-likeness (QED) is 0.601. The van der Waals surface area contributed by atoms with Crippen molar-refractivity contribution in [2.45, 2.75) is 32.7 Å². The molecule has 1 heterocycles. The van der Waals surface area contributed by atoms with Crippen molar-refractivity contribution in [3.05, 3.63) is 29.8 Å². The first-order valence-electron chi connectivity index (χ1n) is 8.79. The Hall–Kier alpha value is -2.35. The van der Waals surface area contributed by atoms with Gasteiger partial charge in [0.25, 0.3) is 0 Å². The van der Waals surface area contributed by atoms with Gasteiger partial charge in [-0.3, -0.25) is 0 Å². The minimum Gasteiger partial charge on any atom is -0.462 e. The zero-order valence-corrected chi connectivity index (χ0v) is 15.9. The number of amides is 1. The molecule has 2 N–H and O–H groups in total. The van der Waals surface area contributed by atoms with Gasteiger partial charge in [-0.25, -0.2) is 9.59 Å². The van der Waals surface area contributed by atoms with Crippen molar-refractivity contribution in [1.82, 2.24) is 10.2 Å². The number of ether oxygens (including phenoxy) is 2. The normalized spacial score (nSPS) is 14.5. The lowest BCUT2D eigenvalue weighted by Gasteiger charge is -2.32. The van der Waals surface area contributed by atoms with Crippen molar-refractivity contribution in [3.8, 4) is 0 Å². The Labute approximate surface area is 159 Å². The molecule has 0 unspecified atom stereocenters. The maximum atomic E-state index is 11.8. The van der Waals surface area contributed by atoms with Crippen LogP contribution in [0.15, 0.2) is 24.3 Å². The summed E-state index contributed by atoms with van der Waals surface area (Å²) >= 11 is 5.36. The van der Waals surface area contributed by atoms with E-state index >= 15 is 0 Å². The van der Waals surface area contributed by atoms with Crippen molar-refractivity contribution in [3.63, 3.8) is 0 Å². The van der Waals surface area contributed by atoms with Gasteiger partial charge in [0.05, 0.1) is 18.8 Å². The Balaban J connectivity index is 1.82. The first-order valence-corrected chi connectivity index (χ1v) is 9.20. The number of anilines is 1. The van der Waals surface area contributed by atoms with E-state index < -0.39 is 0 Å². The molecule has 0 aliphatic carbocycles. The first-order chi connectivity index (χ1) is 12.5. The summed E-state index contributed by atoms with van der Waals surface area (Å²) in [5, 5.41) is 6.83. The summed E-state index contributed by atoms with van der Waals surface area (Å²) in [4.78, 5) is 25.2. The van der Waals surface area contributed by atoms with Crippen LogP contribution in [0.3, 0.4) is 0 Å². The predicted octanol–water partition coefficient (Wildman–Crippen LogP) is 2.77. The van der Waals surface area contributed by atoms with E-state index in [0.717, 1.165) is 18.5 Å². The van der Waals surface area contributed by atoms with E-state index in [2.05, 4.69) is 10.6 Å². The van der Waals surface area contributed by atoms with Crippen LogP contribution in [0.2, 0.25) is 0 Å². The highest BCUT2D eigenvalue weighted by Gasteiger charge is 2.23. The van der Waals surface area contributed by atoms with Crippen LogP contribution in [-0.2, 0) is 9.47 Å². The molecule has 1 amide bonds. The third kappa shape index (κ3) is 5.87. The third-order valence-electron chi connectivity index (χ3n) is 3.99. The van der Waals surface area contributed by atoms with Crippen LogP contribution in [0.25, 0.3) is 0 Å². The fourth-order valence-corrected chi connectivity index (χ4v) is 3.00. The van der Waals surface area contributed by atoms with Crippen LogP contribution in [0, 0.1) is 0 Å². The number of carbonyl (C=O) groups is 2. The number of nitrogens with one attached hydrogen (secondary N) is 2. The van der Waals surface area contributed by atoms with Crippen molar-refractivity contribution < 1.29 is 19.1 Å². The fraction of sp³-hybridized carbons (Fsp3) is 0.500. The van der Waals surface area contributed by atoms with E-state index in [1.807, 2.05) is 6.07 Å². The highest BCUT2D eigenvalue weighted by molar-refractivity contribution is 7.80. The van der Waals surface area contributed by atoms with Crippen LogP contribution in [0.4, 0.5) is 10.5 Å². The molecule has 0 radical (unpaired) electrons. The van der Waals surface area contributed by atoms with Crippen LogP contribution < -0.4 is 10.6 Å². The third-order valence-corrected chi connectivity index (χ3v) is 4.21. The van der Waals surface area contributed by atoms with Crippen molar-refractivity contribution in [2.24, 2.45) is 0 Å². The first kappa shape index (κ1) is 20.0. The second kappa shape index (κ2) is 9.96. The molecule has 1 aromatic rings. The van der Waals surface area contributed by atoms with Gasteiger partial charge >= 0.3 is 12.1 Å². The van der Waals surface area contributed by atoms with Crippen LogP contribution in [0.1, 0.15) is 37.0 Å². The van der Waals surface area contributed by atoms with E-state index in [1.54, 1.807) is 36.9 Å². The van der Waals surface area contributed by atoms with E-state index in [0.29, 0.717) is 37.0 Å². The number of benzene rings is 1. The molecule has 1 aliphatic rings. The summed E-state index contributed by atoms with van der Waals surface area (Å²) in [5.74, 6) is -0.360. The second-order valence-corrected chi connectivity index (χ2v) is 6.27. The number of piperidine rings is 1. The Kier molecular flexibility index (Phi) is 7.65. The standard InChI is InChI=1S/C18H25N3O4S/c1-3-24-16(22)13-6-5-7-15(12-13)20-17(26)19-14-8-10-21(11-9-14)18(23)25-4-2/h5-7,12,14H,3-4,8-11H2,1-2H3,(H2,19,20,26). The fourth-order valence-electron chi connectivity index (χ4n) is 2.71. The van der Waals surface area contributed by atoms with E-state index in [9.17, 15) is 9.59 Å². The van der Waals surface area contributed by atoms with Gasteiger partial charge in [0.2, 0.25) is 0 Å². The van der Waals surface area contributed by atoms with Gasteiger partial charge in [-0.1, -0.05) is 6.07 Å². The number of nitrogens with zero attached hydrogens (tertiary/aromatic N) is 1. The van der Waals surface area contributed by atoms with E-state index in [1.165, 1.54) is 0 Å². The molecule has 0 saturated carbocycles. The van der Waals surface area contributed by atoms with Gasteiger partial charge in [0, 0.05) is 24.8 Å². The number of thiocarbonyl (C=S) groups is 1. The van der Waals surface area contributed by atoms with E-state index in [4.69, 9.17) is 21.7 Å². The molecule has 0 bridgehead atoms. The topological polar surface area (TPSA) is 79.9 Å². The van der Waals surface area contributed by atoms with E-state index in [-0.39, 0.29) is 18.1 Å². The number of likely N-dealkylation sites (tertiary alicyclic amines) is 1. The maximum absolute atomic E-state index is 11.8. The summed E-state index contributed by atoms with van der Waals surface area (Å²) in [6.45, 7) is 5.56. The molecule has 0 atom stereocenters. The zero-order valence-electron chi connectivity index (χ0n) is 15.1. The average Bonchev–Trinajstić information content (AvgIpc) is 2.63. The number of hydrogen-bond donors (Lipinski definition) is 2. The molecular formula is C18H25N3O4S. The van der Waals surface area contributed by atoms with Crippen molar-refractivity contribution >= 4 is 35.1 Å². The molecule has 8 heteroatoms. The molecule has 1 saturated heterocycles. The summed E-state index contributed by atoms with van der Waals surface area (Å²) in [5.41, 5.74) is 1.19. The van der Waals surface area contributed by atoms with Crippen LogP contribution in [0.5, 0.6) is 0 Å². The lowest BCUT2D eigenvalue weighted by molar-refractivity contribution is 0.0526. The Bertz CT molecular complexity index is 645. The maximum Gasteiger partial charge on any atom is 0.409 e. The summed E-state index contributed by atoms with van der Waals surface area (Å²) < 4.78 is 10.0. The van der Waals surface area contributed by atoms with Gasteiger partial charge in [0.15, 0.2) is 5.11 Å². The van der Waals surface area contributed by atoms with Crippen LogP contribution >= 0.6 is 12.2 Å². The minimum absolute atomic E-state index is 0.189. The number of carbonyl (C=O) groups excluding carboxylic acids is 2. The van der Waals surface area contributed by atoms with Crippen molar-refractivity contribution in [2.75, 3.05) is 31.6 Å². The monoisotopic (exact) mass is 379 g/mol. The van der Waals surface area contributed by atoms with Gasteiger partial charge in [0.1, 0.15) is 0 Å². The highest BCUT2D eigenvalue weighted by Crippen LogP contribution is 2.14. The molecule has 0 spiro atoms. The number of rotatable bonds is 5. The second-order valence-electron chi connectivity index (χ2n) is 5.86.